The molecule has 0 radical (unpaired) electrons. The highest BCUT2D eigenvalue weighted by molar-refractivity contribution is 7.89. The van der Waals surface area contributed by atoms with Crippen LogP contribution in [-0.4, -0.2) is 68.6 Å². The molecule has 8 nitrogen and oxygen atoms in total. The van der Waals surface area contributed by atoms with Crippen molar-refractivity contribution in [1.29, 1.82) is 0 Å². The van der Waals surface area contributed by atoms with Gasteiger partial charge in [-0.1, -0.05) is 23.7 Å². The first-order chi connectivity index (χ1) is 14.4. The molecular formula is C18H17ClF3N3O5S. The molecule has 0 bridgehead atoms. The number of rotatable bonds is 4. The van der Waals surface area contributed by atoms with Gasteiger partial charge < -0.3 is 10.2 Å². The van der Waals surface area contributed by atoms with Gasteiger partial charge in [-0.2, -0.15) is 17.5 Å². The number of amides is 1. The van der Waals surface area contributed by atoms with Crippen LogP contribution in [0.25, 0.3) is 10.8 Å². The minimum atomic E-state index is -5.26. The zero-order chi connectivity index (χ0) is 23.0. The van der Waals surface area contributed by atoms with E-state index < -0.39 is 47.2 Å². The minimum Gasteiger partial charge on any atom is -0.360 e. The van der Waals surface area contributed by atoms with Crippen LogP contribution in [0.15, 0.2) is 41.3 Å². The van der Waals surface area contributed by atoms with E-state index in [1.54, 1.807) is 24.3 Å². The summed E-state index contributed by atoms with van der Waals surface area (Å²) in [5.41, 5.74) is 0. The van der Waals surface area contributed by atoms with E-state index >= 15 is 0 Å². The summed E-state index contributed by atoms with van der Waals surface area (Å²) in [4.78, 5) is 27.6. The Morgan fingerprint density at radius 3 is 2.42 bits per heavy atom. The van der Waals surface area contributed by atoms with Crippen LogP contribution in [0.5, 0.6) is 0 Å². The number of hydroxylamine groups is 2. The Labute approximate surface area is 180 Å². The van der Waals surface area contributed by atoms with Crippen LogP contribution >= 0.6 is 11.6 Å². The van der Waals surface area contributed by atoms with Crippen LogP contribution in [0, 0.1) is 0 Å². The van der Waals surface area contributed by atoms with E-state index in [-0.39, 0.29) is 11.4 Å². The Morgan fingerprint density at radius 2 is 1.77 bits per heavy atom. The number of benzene rings is 2. The zero-order valence-corrected chi connectivity index (χ0v) is 17.6. The number of likely N-dealkylation sites (N-methyl/N-ethyl adjacent to an activating group) is 1. The molecule has 3 rings (SSSR count). The second-order valence-electron chi connectivity index (χ2n) is 6.66. The number of halogens is 4. The third kappa shape index (κ3) is 4.92. The highest BCUT2D eigenvalue weighted by atomic mass is 35.5. The van der Waals surface area contributed by atoms with Crippen molar-refractivity contribution in [3.05, 3.63) is 41.4 Å². The number of nitrogens with zero attached hydrogens (tertiary/aromatic N) is 2. The number of carbonyl (C=O) groups is 2. The third-order valence-corrected chi connectivity index (χ3v) is 6.78. The summed E-state index contributed by atoms with van der Waals surface area (Å²) in [5, 5.41) is 4.60. The lowest BCUT2D eigenvalue weighted by Gasteiger charge is -2.38. The summed E-state index contributed by atoms with van der Waals surface area (Å²) in [6.45, 7) is -1.23. The van der Waals surface area contributed by atoms with Gasteiger partial charge >= 0.3 is 12.1 Å². The number of sulfonamides is 1. The molecule has 1 aliphatic rings. The average Bonchev–Trinajstić information content (AvgIpc) is 2.72. The number of hydrogen-bond donors (Lipinski definition) is 1. The largest absolute Gasteiger partial charge is 0.492 e. The highest BCUT2D eigenvalue weighted by Gasteiger charge is 2.46. The summed E-state index contributed by atoms with van der Waals surface area (Å²) in [6, 6.07) is 7.85. The van der Waals surface area contributed by atoms with E-state index in [2.05, 4.69) is 10.2 Å². The van der Waals surface area contributed by atoms with Gasteiger partial charge in [-0.05, 0) is 35.0 Å². The average molecular weight is 480 g/mol. The quantitative estimate of drug-likeness (QED) is 0.720. The molecule has 1 N–H and O–H groups in total. The summed E-state index contributed by atoms with van der Waals surface area (Å²) in [7, 11) is -2.86. The van der Waals surface area contributed by atoms with Crippen molar-refractivity contribution in [2.45, 2.75) is 17.1 Å². The van der Waals surface area contributed by atoms with Crippen molar-refractivity contribution in [2.75, 3.05) is 26.7 Å². The van der Waals surface area contributed by atoms with Gasteiger partial charge in [0.15, 0.2) is 0 Å². The maximum atomic E-state index is 13.1. The van der Waals surface area contributed by atoms with Crippen molar-refractivity contribution >= 4 is 44.3 Å². The molecule has 1 atom stereocenters. The fraction of sp³-hybridized carbons (Fsp3) is 0.333. The molecule has 1 heterocycles. The fourth-order valence-electron chi connectivity index (χ4n) is 3.11. The number of nitrogens with one attached hydrogen (secondary N) is 1. The summed E-state index contributed by atoms with van der Waals surface area (Å²) < 4.78 is 64.8. The molecule has 0 aromatic heterocycles. The van der Waals surface area contributed by atoms with Crippen LogP contribution in [0.2, 0.25) is 5.02 Å². The number of piperazine rings is 1. The molecule has 2 aromatic rings. The lowest BCUT2D eigenvalue weighted by molar-refractivity contribution is -0.249. The van der Waals surface area contributed by atoms with Crippen molar-refractivity contribution in [1.82, 2.24) is 14.7 Å². The Hall–Kier alpha value is -2.41. The molecule has 1 unspecified atom stereocenters. The van der Waals surface area contributed by atoms with Crippen LogP contribution in [0.1, 0.15) is 0 Å². The number of fused-ring (bicyclic) bond motifs is 1. The van der Waals surface area contributed by atoms with Crippen molar-refractivity contribution in [3.63, 3.8) is 0 Å². The molecule has 31 heavy (non-hydrogen) atoms. The maximum absolute atomic E-state index is 13.1. The first-order valence-corrected chi connectivity index (χ1v) is 10.7. The van der Waals surface area contributed by atoms with Gasteiger partial charge in [0, 0.05) is 31.7 Å². The van der Waals surface area contributed by atoms with E-state index in [0.29, 0.717) is 15.5 Å². The van der Waals surface area contributed by atoms with E-state index in [0.717, 1.165) is 9.69 Å². The van der Waals surface area contributed by atoms with Crippen LogP contribution in [-0.2, 0) is 24.4 Å². The zero-order valence-electron chi connectivity index (χ0n) is 16.0. The van der Waals surface area contributed by atoms with Crippen molar-refractivity contribution in [2.24, 2.45) is 0 Å². The Morgan fingerprint density at radius 1 is 1.13 bits per heavy atom. The van der Waals surface area contributed by atoms with Gasteiger partial charge in [0.25, 0.3) is 0 Å². The van der Waals surface area contributed by atoms with Crippen molar-refractivity contribution < 1.29 is 36.0 Å². The topological polar surface area (TPSA) is 96.0 Å². The molecule has 0 spiro atoms. The molecular weight excluding hydrogens is 463 g/mol. The second-order valence-corrected chi connectivity index (χ2v) is 9.04. The van der Waals surface area contributed by atoms with E-state index in [1.165, 1.54) is 19.2 Å². The minimum absolute atomic E-state index is 0.0567. The maximum Gasteiger partial charge on any atom is 0.492 e. The SMILES string of the molecule is CNC(=O)C1CN(S(=O)(=O)c2ccc3cc(Cl)ccc3c2)CCN1OC(=O)C(F)(F)F. The molecule has 0 aliphatic carbocycles. The predicted molar refractivity (Wildman–Crippen MR) is 104 cm³/mol. The van der Waals surface area contributed by atoms with E-state index in [9.17, 15) is 31.2 Å². The van der Waals surface area contributed by atoms with E-state index in [1.807, 2.05) is 0 Å². The Balaban J connectivity index is 1.87. The lowest BCUT2D eigenvalue weighted by atomic mass is 10.1. The predicted octanol–water partition coefficient (Wildman–Crippen LogP) is 1.93. The number of alkyl halides is 3. The fourth-order valence-corrected chi connectivity index (χ4v) is 4.77. The standard InChI is InChI=1S/C18H17ClF3N3O5S/c1-23-16(26)15-10-24(6-7-25(15)30-17(27)18(20,21)22)31(28,29)14-5-3-11-8-13(19)4-2-12(11)9-14/h2-5,8-9,15H,6-7,10H2,1H3,(H,23,26). The van der Waals surface area contributed by atoms with Crippen LogP contribution < -0.4 is 5.32 Å². The third-order valence-electron chi connectivity index (χ3n) is 4.69. The van der Waals surface area contributed by atoms with Gasteiger partial charge in [0.05, 0.1) is 4.90 Å². The molecule has 1 saturated heterocycles. The summed E-state index contributed by atoms with van der Waals surface area (Å²) in [6.07, 6.45) is -5.26. The smallest absolute Gasteiger partial charge is 0.360 e. The number of hydrogen-bond acceptors (Lipinski definition) is 6. The lowest BCUT2D eigenvalue weighted by Crippen LogP contribution is -2.60. The molecule has 2 aromatic carbocycles. The van der Waals surface area contributed by atoms with Gasteiger partial charge in [-0.15, -0.1) is 5.06 Å². The highest BCUT2D eigenvalue weighted by Crippen LogP contribution is 2.27. The summed E-state index contributed by atoms with van der Waals surface area (Å²) >= 11 is 5.93. The molecule has 1 amide bonds. The van der Waals surface area contributed by atoms with Crippen LogP contribution in [0.4, 0.5) is 13.2 Å². The Kier molecular flexibility index (Phi) is 6.46. The summed E-state index contributed by atoms with van der Waals surface area (Å²) in [5.74, 6) is -3.30. The van der Waals surface area contributed by atoms with Crippen molar-refractivity contribution in [3.8, 4) is 0 Å². The molecule has 1 fully saturated rings. The molecule has 0 saturated carbocycles. The monoisotopic (exact) mass is 479 g/mol. The van der Waals surface area contributed by atoms with Gasteiger partial charge in [0.1, 0.15) is 6.04 Å². The van der Waals surface area contributed by atoms with Gasteiger partial charge in [0.2, 0.25) is 15.9 Å². The number of carbonyl (C=O) groups excluding carboxylic acids is 2. The first-order valence-electron chi connectivity index (χ1n) is 8.90. The normalized spacial score (nSPS) is 18.7. The van der Waals surface area contributed by atoms with Crippen LogP contribution in [0.3, 0.4) is 0 Å². The van der Waals surface area contributed by atoms with Gasteiger partial charge in [-0.25, -0.2) is 13.2 Å². The Bertz CT molecular complexity index is 1130. The molecule has 13 heteroatoms. The molecule has 1 aliphatic heterocycles. The second kappa shape index (κ2) is 8.61. The molecule has 168 valence electrons. The van der Waals surface area contributed by atoms with E-state index in [4.69, 9.17) is 11.6 Å². The first kappa shape index (κ1) is 23.3. The van der Waals surface area contributed by atoms with Gasteiger partial charge in [-0.3, -0.25) is 4.79 Å².